The summed E-state index contributed by atoms with van der Waals surface area (Å²) >= 11 is 1.61. The molecule has 0 saturated carbocycles. The standard InChI is InChI=1S/C21H22N2O2S/c1-2-7-19(25)23-16-10-4-3-8-14(16)22-15-9-5-11-17(24)20(15)21(23)18-12-6-13-26-18/h3-4,6,8-10,12-13,20-22H,2,5,7,11H2,1H3/t20-,21+/m0/s1. The smallest absolute Gasteiger partial charge is 0.227 e. The lowest BCUT2D eigenvalue weighted by Crippen LogP contribution is -2.41. The Morgan fingerprint density at radius 3 is 2.88 bits per heavy atom. The fourth-order valence-corrected chi connectivity index (χ4v) is 4.77. The van der Waals surface area contributed by atoms with Crippen molar-refractivity contribution in [2.24, 2.45) is 5.92 Å². The lowest BCUT2D eigenvalue weighted by Gasteiger charge is -2.35. The molecule has 2 heterocycles. The molecule has 1 aromatic heterocycles. The Morgan fingerprint density at radius 1 is 1.27 bits per heavy atom. The van der Waals surface area contributed by atoms with Crippen LogP contribution >= 0.6 is 11.3 Å². The maximum atomic E-state index is 13.2. The summed E-state index contributed by atoms with van der Waals surface area (Å²) in [5.41, 5.74) is 2.67. The first-order valence-electron chi connectivity index (χ1n) is 9.15. The van der Waals surface area contributed by atoms with E-state index in [0.717, 1.165) is 34.8 Å². The van der Waals surface area contributed by atoms with Gasteiger partial charge in [0.1, 0.15) is 5.78 Å². The van der Waals surface area contributed by atoms with Gasteiger partial charge in [-0.05, 0) is 36.4 Å². The van der Waals surface area contributed by atoms with Crippen LogP contribution in [0.5, 0.6) is 0 Å². The number of carbonyl (C=O) groups is 2. The number of fused-ring (bicyclic) bond motifs is 2. The Kier molecular flexibility index (Phi) is 4.64. The SMILES string of the molecule is CCCC(=O)N1c2ccccc2NC2=CCCC(=O)[C@H]2[C@H]1c1cccs1. The minimum absolute atomic E-state index is 0.0692. The lowest BCUT2D eigenvalue weighted by molar-refractivity contribution is -0.123. The average Bonchev–Trinajstić information content (AvgIpc) is 3.11. The second kappa shape index (κ2) is 7.08. The van der Waals surface area contributed by atoms with E-state index in [4.69, 9.17) is 0 Å². The molecular weight excluding hydrogens is 344 g/mol. The van der Waals surface area contributed by atoms with Crippen molar-refractivity contribution in [2.45, 2.75) is 38.6 Å². The van der Waals surface area contributed by atoms with Gasteiger partial charge in [0.25, 0.3) is 0 Å². The van der Waals surface area contributed by atoms with Gasteiger partial charge in [-0.1, -0.05) is 31.2 Å². The van der Waals surface area contributed by atoms with Gasteiger partial charge in [-0.3, -0.25) is 9.59 Å². The zero-order valence-corrected chi connectivity index (χ0v) is 15.6. The molecule has 4 rings (SSSR count). The topological polar surface area (TPSA) is 49.4 Å². The third kappa shape index (κ3) is 2.86. The Balaban J connectivity index is 1.94. The normalized spacial score (nSPS) is 22.0. The van der Waals surface area contributed by atoms with Crippen LogP contribution in [0.15, 0.2) is 53.6 Å². The molecule has 2 aromatic rings. The van der Waals surface area contributed by atoms with Crippen molar-refractivity contribution in [1.82, 2.24) is 0 Å². The van der Waals surface area contributed by atoms with Gasteiger partial charge in [0.05, 0.1) is 23.3 Å². The Bertz CT molecular complexity index is 857. The zero-order chi connectivity index (χ0) is 18.1. The number of ketones is 1. The molecule has 0 saturated heterocycles. The molecule has 0 spiro atoms. The third-order valence-electron chi connectivity index (χ3n) is 5.04. The number of amides is 1. The number of carbonyl (C=O) groups excluding carboxylic acids is 2. The van der Waals surface area contributed by atoms with E-state index in [0.29, 0.717) is 12.8 Å². The van der Waals surface area contributed by atoms with Crippen molar-refractivity contribution in [2.75, 3.05) is 10.2 Å². The maximum Gasteiger partial charge on any atom is 0.227 e. The number of rotatable bonds is 3. The van der Waals surface area contributed by atoms with Crippen LogP contribution in [0, 0.1) is 5.92 Å². The summed E-state index contributed by atoms with van der Waals surface area (Å²) in [6.45, 7) is 2.01. The number of benzene rings is 1. The first kappa shape index (κ1) is 17.0. The van der Waals surface area contributed by atoms with Crippen LogP contribution in [0.2, 0.25) is 0 Å². The molecule has 0 radical (unpaired) electrons. The largest absolute Gasteiger partial charge is 0.357 e. The van der Waals surface area contributed by atoms with Crippen LogP contribution in [-0.2, 0) is 9.59 Å². The van der Waals surface area contributed by atoms with Crippen LogP contribution in [-0.4, -0.2) is 11.7 Å². The minimum Gasteiger partial charge on any atom is -0.357 e. The highest BCUT2D eigenvalue weighted by Crippen LogP contribution is 2.47. The second-order valence-electron chi connectivity index (χ2n) is 6.76. The molecule has 134 valence electrons. The molecule has 1 aromatic carbocycles. The number of thiophene rings is 1. The van der Waals surface area contributed by atoms with Crippen LogP contribution in [0.25, 0.3) is 0 Å². The minimum atomic E-state index is -0.337. The van der Waals surface area contributed by atoms with E-state index >= 15 is 0 Å². The van der Waals surface area contributed by atoms with Crippen molar-refractivity contribution in [3.05, 3.63) is 58.4 Å². The van der Waals surface area contributed by atoms with E-state index in [1.165, 1.54) is 0 Å². The molecule has 0 unspecified atom stereocenters. The first-order chi connectivity index (χ1) is 12.7. The molecule has 1 N–H and O–H groups in total. The number of Topliss-reactive ketones (excluding diaryl/α,β-unsaturated/α-hetero) is 1. The summed E-state index contributed by atoms with van der Waals surface area (Å²) in [6, 6.07) is 11.6. The predicted octanol–water partition coefficient (Wildman–Crippen LogP) is 4.91. The quantitative estimate of drug-likeness (QED) is 0.839. The Hall–Kier alpha value is -2.40. The number of anilines is 2. The fraction of sp³-hybridized carbons (Fsp3) is 0.333. The van der Waals surface area contributed by atoms with Crippen molar-refractivity contribution in [3.8, 4) is 0 Å². The van der Waals surface area contributed by atoms with Crippen molar-refractivity contribution in [1.29, 1.82) is 0 Å². The van der Waals surface area contributed by atoms with Crippen LogP contribution in [0.4, 0.5) is 11.4 Å². The third-order valence-corrected chi connectivity index (χ3v) is 5.98. The van der Waals surface area contributed by atoms with E-state index < -0.39 is 0 Å². The first-order valence-corrected chi connectivity index (χ1v) is 10.0. The second-order valence-corrected chi connectivity index (χ2v) is 7.74. The number of nitrogens with one attached hydrogen (secondary N) is 1. The average molecular weight is 366 g/mol. The number of hydrogen-bond donors (Lipinski definition) is 1. The number of para-hydroxylation sites is 2. The maximum absolute atomic E-state index is 13.2. The molecule has 1 amide bonds. The van der Waals surface area contributed by atoms with Gasteiger partial charge in [-0.2, -0.15) is 0 Å². The summed E-state index contributed by atoms with van der Waals surface area (Å²) in [6.07, 6.45) is 4.65. The van der Waals surface area contributed by atoms with Gasteiger partial charge in [0.2, 0.25) is 5.91 Å². The number of hydrogen-bond acceptors (Lipinski definition) is 4. The highest BCUT2D eigenvalue weighted by atomic mass is 32.1. The van der Waals surface area contributed by atoms with Crippen LogP contribution < -0.4 is 10.2 Å². The summed E-state index contributed by atoms with van der Waals surface area (Å²) < 4.78 is 0. The molecule has 4 nitrogen and oxygen atoms in total. The zero-order valence-electron chi connectivity index (χ0n) is 14.8. The molecule has 0 bridgehead atoms. The van der Waals surface area contributed by atoms with Crippen molar-refractivity contribution >= 4 is 34.4 Å². The van der Waals surface area contributed by atoms with Gasteiger partial charge in [0, 0.05) is 23.4 Å². The summed E-state index contributed by atoms with van der Waals surface area (Å²) in [5, 5.41) is 5.47. The number of allylic oxidation sites excluding steroid dienone is 1. The molecule has 1 aliphatic carbocycles. The van der Waals surface area contributed by atoms with E-state index in [-0.39, 0.29) is 23.7 Å². The van der Waals surface area contributed by atoms with Gasteiger partial charge >= 0.3 is 0 Å². The summed E-state index contributed by atoms with van der Waals surface area (Å²) in [7, 11) is 0. The molecular formula is C21H22N2O2S. The fourth-order valence-electron chi connectivity index (χ4n) is 3.92. The van der Waals surface area contributed by atoms with E-state index in [9.17, 15) is 9.59 Å². The van der Waals surface area contributed by atoms with E-state index in [1.54, 1.807) is 11.3 Å². The van der Waals surface area contributed by atoms with Crippen LogP contribution in [0.1, 0.15) is 43.5 Å². The summed E-state index contributed by atoms with van der Waals surface area (Å²) in [4.78, 5) is 29.0. The molecule has 1 aliphatic heterocycles. The number of nitrogens with zero attached hydrogens (tertiary/aromatic N) is 1. The van der Waals surface area contributed by atoms with Gasteiger partial charge in [0.15, 0.2) is 0 Å². The molecule has 2 atom stereocenters. The van der Waals surface area contributed by atoms with Gasteiger partial charge in [-0.25, -0.2) is 0 Å². The van der Waals surface area contributed by atoms with Crippen LogP contribution in [0.3, 0.4) is 0 Å². The Morgan fingerprint density at radius 2 is 2.12 bits per heavy atom. The summed E-state index contributed by atoms with van der Waals surface area (Å²) in [5.74, 6) is -0.0640. The monoisotopic (exact) mass is 366 g/mol. The molecule has 2 aliphatic rings. The van der Waals surface area contributed by atoms with Crippen molar-refractivity contribution < 1.29 is 9.59 Å². The van der Waals surface area contributed by atoms with E-state index in [1.807, 2.05) is 53.6 Å². The van der Waals surface area contributed by atoms with Crippen molar-refractivity contribution in [3.63, 3.8) is 0 Å². The highest BCUT2D eigenvalue weighted by Gasteiger charge is 2.43. The van der Waals surface area contributed by atoms with Gasteiger partial charge in [-0.15, -0.1) is 11.3 Å². The van der Waals surface area contributed by atoms with E-state index in [2.05, 4.69) is 11.4 Å². The predicted molar refractivity (Wildman–Crippen MR) is 105 cm³/mol. The lowest BCUT2D eigenvalue weighted by atomic mass is 9.83. The molecule has 5 heteroatoms. The Labute approximate surface area is 157 Å². The molecule has 26 heavy (non-hydrogen) atoms. The van der Waals surface area contributed by atoms with Gasteiger partial charge < -0.3 is 10.2 Å². The highest BCUT2D eigenvalue weighted by molar-refractivity contribution is 7.10. The molecule has 0 fully saturated rings.